The summed E-state index contributed by atoms with van der Waals surface area (Å²) in [5.74, 6) is -0.198. The van der Waals surface area contributed by atoms with Crippen molar-refractivity contribution in [2.75, 3.05) is 0 Å². The lowest BCUT2D eigenvalue weighted by atomic mass is 10.3. The van der Waals surface area contributed by atoms with E-state index in [-0.39, 0.29) is 5.56 Å². The van der Waals surface area contributed by atoms with Crippen LogP contribution in [0.5, 0.6) is 0 Å². The number of carboxylic acid groups (broad SMARTS) is 1. The predicted molar refractivity (Wildman–Crippen MR) is 64.0 cm³/mol. The zero-order chi connectivity index (χ0) is 12.3. The number of aromatic carboxylic acids is 1. The minimum atomic E-state index is -0.958. The largest absolute Gasteiger partial charge is 0.478 e. The van der Waals surface area contributed by atoms with E-state index in [0.29, 0.717) is 0 Å². The van der Waals surface area contributed by atoms with Crippen LogP contribution < -0.4 is 0 Å². The van der Waals surface area contributed by atoms with Crippen molar-refractivity contribution in [1.29, 1.82) is 0 Å². The van der Waals surface area contributed by atoms with Crippen LogP contribution in [0.4, 0.5) is 0 Å². The predicted octanol–water partition coefficient (Wildman–Crippen LogP) is 1.81. The van der Waals surface area contributed by atoms with Crippen LogP contribution in [0, 0.1) is 0 Å². The third kappa shape index (κ3) is 2.85. The van der Waals surface area contributed by atoms with Gasteiger partial charge in [-0.1, -0.05) is 0 Å². The molecule has 2 aromatic rings. The van der Waals surface area contributed by atoms with Crippen LogP contribution in [0.2, 0.25) is 0 Å². The van der Waals surface area contributed by atoms with Crippen LogP contribution in [0.25, 0.3) is 0 Å². The molecule has 2 aromatic heterocycles. The number of pyridine rings is 1. The quantitative estimate of drug-likeness (QED) is 0.837. The molecule has 0 fully saturated rings. The maximum Gasteiger partial charge on any atom is 0.337 e. The fourth-order valence-corrected chi connectivity index (χ4v) is 2.13. The van der Waals surface area contributed by atoms with E-state index in [0.717, 1.165) is 16.5 Å². The molecule has 0 saturated carbocycles. The Balaban J connectivity index is 2.00. The van der Waals surface area contributed by atoms with Crippen LogP contribution in [0.1, 0.15) is 16.1 Å². The molecule has 0 saturated heterocycles. The third-order valence-electron chi connectivity index (χ3n) is 2.27. The van der Waals surface area contributed by atoms with Gasteiger partial charge in [0.2, 0.25) is 0 Å². The molecule has 1 N–H and O–H groups in total. The van der Waals surface area contributed by atoms with E-state index in [1.165, 1.54) is 6.20 Å². The molecule has 0 bridgehead atoms. The second-order valence-electron chi connectivity index (χ2n) is 3.47. The fourth-order valence-electron chi connectivity index (χ4n) is 1.26. The van der Waals surface area contributed by atoms with Gasteiger partial charge < -0.3 is 9.67 Å². The maximum atomic E-state index is 10.6. The van der Waals surface area contributed by atoms with Gasteiger partial charge >= 0.3 is 5.97 Å². The Labute approximate surface area is 103 Å². The lowest BCUT2D eigenvalue weighted by Gasteiger charge is -2.02. The first-order chi connectivity index (χ1) is 8.16. The average molecular weight is 249 g/mol. The first-order valence-electron chi connectivity index (χ1n) is 4.94. The Morgan fingerprint density at radius 1 is 1.47 bits per heavy atom. The molecular formula is C11H11N3O2S. The van der Waals surface area contributed by atoms with Crippen LogP contribution in [-0.2, 0) is 12.8 Å². The number of hydrogen-bond donors (Lipinski definition) is 1. The molecule has 2 rings (SSSR count). The van der Waals surface area contributed by atoms with E-state index >= 15 is 0 Å². The highest BCUT2D eigenvalue weighted by Crippen LogP contribution is 2.20. The lowest BCUT2D eigenvalue weighted by molar-refractivity contribution is 0.0696. The van der Waals surface area contributed by atoms with Gasteiger partial charge in [0.25, 0.3) is 0 Å². The number of carboxylic acids is 1. The third-order valence-corrected chi connectivity index (χ3v) is 3.25. The Hall–Kier alpha value is -1.82. The monoisotopic (exact) mass is 249 g/mol. The smallest absolute Gasteiger partial charge is 0.337 e. The number of aromatic nitrogens is 3. The Bertz CT molecular complexity index is 522. The second-order valence-corrected chi connectivity index (χ2v) is 4.47. The second kappa shape index (κ2) is 5.01. The standard InChI is InChI=1S/C11H11N3O2S/c1-14-7-12-5-9(14)6-17-10-3-2-8(4-13-10)11(15)16/h2-5,7H,6H2,1H3,(H,15,16). The minimum Gasteiger partial charge on any atom is -0.478 e. The number of nitrogens with zero attached hydrogens (tertiary/aromatic N) is 3. The van der Waals surface area contributed by atoms with Gasteiger partial charge in [-0.2, -0.15) is 0 Å². The molecule has 6 heteroatoms. The molecule has 0 aliphatic rings. The van der Waals surface area contributed by atoms with Gasteiger partial charge in [-0.15, -0.1) is 11.8 Å². The Morgan fingerprint density at radius 3 is 2.82 bits per heavy atom. The molecule has 0 unspecified atom stereocenters. The number of hydrogen-bond acceptors (Lipinski definition) is 4. The van der Waals surface area contributed by atoms with E-state index < -0.39 is 5.97 Å². The minimum absolute atomic E-state index is 0.204. The highest BCUT2D eigenvalue weighted by molar-refractivity contribution is 7.98. The molecule has 17 heavy (non-hydrogen) atoms. The Morgan fingerprint density at radius 2 is 2.29 bits per heavy atom. The molecule has 2 heterocycles. The summed E-state index contributed by atoms with van der Waals surface area (Å²) in [7, 11) is 1.93. The van der Waals surface area contributed by atoms with Crippen LogP contribution >= 0.6 is 11.8 Å². The highest BCUT2D eigenvalue weighted by atomic mass is 32.2. The number of aryl methyl sites for hydroxylation is 1. The molecule has 0 aliphatic heterocycles. The SMILES string of the molecule is Cn1cncc1CSc1ccc(C(=O)O)cn1. The van der Waals surface area contributed by atoms with E-state index in [9.17, 15) is 4.79 Å². The van der Waals surface area contributed by atoms with Gasteiger partial charge in [0.05, 0.1) is 16.9 Å². The van der Waals surface area contributed by atoms with Crippen molar-refractivity contribution in [3.05, 3.63) is 42.1 Å². The first kappa shape index (κ1) is 11.7. The summed E-state index contributed by atoms with van der Waals surface area (Å²) >= 11 is 1.55. The summed E-state index contributed by atoms with van der Waals surface area (Å²) in [5, 5.41) is 9.54. The van der Waals surface area contributed by atoms with Crippen molar-refractivity contribution in [3.8, 4) is 0 Å². The summed E-state index contributed by atoms with van der Waals surface area (Å²) in [6.07, 6.45) is 4.92. The molecular weight excluding hydrogens is 238 g/mol. The molecule has 88 valence electrons. The zero-order valence-electron chi connectivity index (χ0n) is 9.20. The topological polar surface area (TPSA) is 68.0 Å². The van der Waals surface area contributed by atoms with Gasteiger partial charge in [0.1, 0.15) is 0 Å². The molecule has 5 nitrogen and oxygen atoms in total. The van der Waals surface area contributed by atoms with E-state index in [2.05, 4.69) is 9.97 Å². The van der Waals surface area contributed by atoms with Crippen molar-refractivity contribution in [2.45, 2.75) is 10.8 Å². The molecule has 0 spiro atoms. The van der Waals surface area contributed by atoms with Crippen molar-refractivity contribution >= 4 is 17.7 Å². The van der Waals surface area contributed by atoms with Gasteiger partial charge in [0, 0.05) is 30.9 Å². The summed E-state index contributed by atoms with van der Waals surface area (Å²) < 4.78 is 1.94. The Kier molecular flexibility index (Phi) is 3.43. The summed E-state index contributed by atoms with van der Waals surface area (Å²) in [4.78, 5) is 18.7. The van der Waals surface area contributed by atoms with E-state index in [4.69, 9.17) is 5.11 Å². The summed E-state index contributed by atoms with van der Waals surface area (Å²) in [6, 6.07) is 3.27. The summed E-state index contributed by atoms with van der Waals surface area (Å²) in [5.41, 5.74) is 1.30. The number of imidazole rings is 1. The normalized spacial score (nSPS) is 10.4. The lowest BCUT2D eigenvalue weighted by Crippen LogP contribution is -1.97. The van der Waals surface area contributed by atoms with Gasteiger partial charge in [-0.3, -0.25) is 0 Å². The van der Waals surface area contributed by atoms with Crippen LogP contribution in [0.15, 0.2) is 35.9 Å². The first-order valence-corrected chi connectivity index (χ1v) is 5.92. The molecule has 0 aliphatic carbocycles. The van der Waals surface area contributed by atoms with Crippen molar-refractivity contribution in [3.63, 3.8) is 0 Å². The highest BCUT2D eigenvalue weighted by Gasteiger charge is 2.04. The van der Waals surface area contributed by atoms with Gasteiger partial charge in [-0.05, 0) is 12.1 Å². The molecule has 0 amide bonds. The van der Waals surface area contributed by atoms with Crippen LogP contribution in [-0.4, -0.2) is 25.6 Å². The van der Waals surface area contributed by atoms with Gasteiger partial charge in [0.15, 0.2) is 0 Å². The molecule has 0 aromatic carbocycles. The van der Waals surface area contributed by atoms with Crippen molar-refractivity contribution in [1.82, 2.24) is 14.5 Å². The maximum absolute atomic E-state index is 10.6. The fraction of sp³-hybridized carbons (Fsp3) is 0.182. The van der Waals surface area contributed by atoms with Crippen molar-refractivity contribution < 1.29 is 9.90 Å². The van der Waals surface area contributed by atoms with Gasteiger partial charge in [-0.25, -0.2) is 14.8 Å². The zero-order valence-corrected chi connectivity index (χ0v) is 10.0. The number of thioether (sulfide) groups is 1. The van der Waals surface area contributed by atoms with E-state index in [1.807, 2.05) is 11.6 Å². The summed E-state index contributed by atoms with van der Waals surface area (Å²) in [6.45, 7) is 0. The number of carbonyl (C=O) groups is 1. The van der Waals surface area contributed by atoms with Crippen molar-refractivity contribution in [2.24, 2.45) is 7.05 Å². The number of rotatable bonds is 4. The average Bonchev–Trinajstić information content (AvgIpc) is 2.73. The molecule has 0 atom stereocenters. The van der Waals surface area contributed by atoms with E-state index in [1.54, 1.807) is 36.4 Å². The molecule has 0 radical (unpaired) electrons. The van der Waals surface area contributed by atoms with Crippen LogP contribution in [0.3, 0.4) is 0 Å².